The third kappa shape index (κ3) is 4.07. The van der Waals surface area contributed by atoms with E-state index in [4.69, 9.17) is 14.2 Å². The number of fused-ring (bicyclic) bond motifs is 1. The summed E-state index contributed by atoms with van der Waals surface area (Å²) in [6.07, 6.45) is 3.40. The van der Waals surface area contributed by atoms with Crippen LogP contribution in [0.25, 0.3) is 0 Å². The molecule has 126 valence electrons. The van der Waals surface area contributed by atoms with Gasteiger partial charge in [-0.2, -0.15) is 0 Å². The third-order valence-corrected chi connectivity index (χ3v) is 3.55. The molecular weight excluding hydrogens is 310 g/mol. The van der Waals surface area contributed by atoms with Gasteiger partial charge in [-0.05, 0) is 36.8 Å². The number of hydrogen-bond acceptors (Lipinski definition) is 5. The number of carbonyl (C=O) groups is 1. The van der Waals surface area contributed by atoms with E-state index < -0.39 is 0 Å². The summed E-state index contributed by atoms with van der Waals surface area (Å²) in [6.45, 7) is 2.90. The molecule has 2 amide bonds. The minimum atomic E-state index is -0.242. The lowest BCUT2D eigenvalue weighted by molar-refractivity contribution is 0.173. The Morgan fingerprint density at radius 3 is 2.88 bits per heavy atom. The van der Waals surface area contributed by atoms with Crippen LogP contribution in [-0.4, -0.2) is 31.0 Å². The van der Waals surface area contributed by atoms with E-state index in [9.17, 15) is 4.79 Å². The minimum Gasteiger partial charge on any atom is -0.492 e. The van der Waals surface area contributed by atoms with E-state index in [1.165, 1.54) is 0 Å². The molecule has 0 radical (unpaired) electrons. The van der Waals surface area contributed by atoms with Gasteiger partial charge in [-0.1, -0.05) is 0 Å². The van der Waals surface area contributed by atoms with Crippen molar-refractivity contribution in [3.8, 4) is 17.2 Å². The molecule has 0 aliphatic carbocycles. The molecule has 1 aromatic heterocycles. The smallest absolute Gasteiger partial charge is 0.315 e. The summed E-state index contributed by atoms with van der Waals surface area (Å²) in [5.41, 5.74) is 0.997. The molecule has 2 N–H and O–H groups in total. The first-order chi connectivity index (χ1) is 11.7. The molecule has 0 fully saturated rings. The zero-order valence-electron chi connectivity index (χ0n) is 13.3. The second-order valence-electron chi connectivity index (χ2n) is 5.27. The number of aromatic nitrogens is 1. The average molecular weight is 329 g/mol. The van der Waals surface area contributed by atoms with Crippen molar-refractivity contribution in [3.63, 3.8) is 0 Å². The number of pyridine rings is 1. The fraction of sp³-hybridized carbons (Fsp3) is 0.294. The van der Waals surface area contributed by atoms with E-state index in [0.717, 1.165) is 5.56 Å². The molecule has 2 aromatic rings. The lowest BCUT2D eigenvalue weighted by Gasteiger charge is -2.15. The Balaban J connectivity index is 1.38. The first kappa shape index (κ1) is 15.9. The monoisotopic (exact) mass is 329 g/mol. The molecule has 0 spiro atoms. The van der Waals surface area contributed by atoms with Gasteiger partial charge in [0.2, 0.25) is 6.79 Å². The fourth-order valence-corrected chi connectivity index (χ4v) is 2.28. The number of urea groups is 1. The minimum absolute atomic E-state index is 0.0946. The molecule has 1 aliphatic heterocycles. The van der Waals surface area contributed by atoms with Crippen LogP contribution in [0, 0.1) is 0 Å². The van der Waals surface area contributed by atoms with Crippen molar-refractivity contribution in [3.05, 3.63) is 48.3 Å². The molecule has 0 bridgehead atoms. The van der Waals surface area contributed by atoms with Crippen LogP contribution in [0.15, 0.2) is 42.7 Å². The highest BCUT2D eigenvalue weighted by molar-refractivity contribution is 5.74. The van der Waals surface area contributed by atoms with Crippen molar-refractivity contribution in [2.45, 2.75) is 13.0 Å². The van der Waals surface area contributed by atoms with Crippen LogP contribution in [0.4, 0.5) is 4.79 Å². The second-order valence-corrected chi connectivity index (χ2v) is 5.27. The number of hydrogen-bond donors (Lipinski definition) is 2. The van der Waals surface area contributed by atoms with Gasteiger partial charge in [0.15, 0.2) is 11.5 Å². The zero-order valence-corrected chi connectivity index (χ0v) is 13.3. The Hall–Kier alpha value is -2.96. The highest BCUT2D eigenvalue weighted by atomic mass is 16.7. The van der Waals surface area contributed by atoms with E-state index in [0.29, 0.717) is 30.4 Å². The van der Waals surface area contributed by atoms with Gasteiger partial charge >= 0.3 is 6.03 Å². The molecule has 7 heteroatoms. The Labute approximate surface area is 139 Å². The van der Waals surface area contributed by atoms with Crippen molar-refractivity contribution in [2.24, 2.45) is 0 Å². The van der Waals surface area contributed by atoms with Gasteiger partial charge < -0.3 is 24.8 Å². The van der Waals surface area contributed by atoms with Gasteiger partial charge in [-0.25, -0.2) is 4.79 Å². The van der Waals surface area contributed by atoms with Crippen LogP contribution in [0.3, 0.4) is 0 Å². The van der Waals surface area contributed by atoms with Gasteiger partial charge in [-0.15, -0.1) is 0 Å². The van der Waals surface area contributed by atoms with Gasteiger partial charge in [0.05, 0.1) is 12.6 Å². The topological polar surface area (TPSA) is 81.7 Å². The van der Waals surface area contributed by atoms with Crippen LogP contribution in [0.1, 0.15) is 18.5 Å². The molecule has 0 saturated heterocycles. The third-order valence-electron chi connectivity index (χ3n) is 3.55. The van der Waals surface area contributed by atoms with Crippen molar-refractivity contribution < 1.29 is 19.0 Å². The molecule has 0 saturated carbocycles. The molecular formula is C17H19N3O4. The highest BCUT2D eigenvalue weighted by Crippen LogP contribution is 2.34. The largest absolute Gasteiger partial charge is 0.492 e. The Bertz CT molecular complexity index is 693. The predicted octanol–water partition coefficient (Wildman–Crippen LogP) is 2.25. The van der Waals surface area contributed by atoms with E-state index in [1.807, 2.05) is 19.1 Å². The molecule has 3 rings (SSSR count). The maximum absolute atomic E-state index is 11.9. The van der Waals surface area contributed by atoms with E-state index in [1.54, 1.807) is 30.6 Å². The Kier molecular flexibility index (Phi) is 5.00. The molecule has 1 aromatic carbocycles. The number of nitrogens with one attached hydrogen (secondary N) is 2. The van der Waals surface area contributed by atoms with Crippen LogP contribution >= 0.6 is 0 Å². The van der Waals surface area contributed by atoms with E-state index in [2.05, 4.69) is 15.6 Å². The lowest BCUT2D eigenvalue weighted by Crippen LogP contribution is -2.38. The molecule has 1 atom stereocenters. The predicted molar refractivity (Wildman–Crippen MR) is 87.2 cm³/mol. The number of rotatable bonds is 6. The SMILES string of the molecule is C[C@H](NC(=O)NCCOc1ccc2c(c1)OCO2)c1ccncc1. The Morgan fingerprint density at radius 1 is 1.25 bits per heavy atom. The number of amides is 2. The highest BCUT2D eigenvalue weighted by Gasteiger charge is 2.13. The standard InChI is InChI=1S/C17H19N3O4/c1-12(13-4-6-18-7-5-13)20-17(21)19-8-9-22-14-2-3-15-16(10-14)24-11-23-15/h2-7,10,12H,8-9,11H2,1H3,(H2,19,20,21)/t12-/m0/s1. The van der Waals surface area contributed by atoms with Crippen molar-refractivity contribution in [1.29, 1.82) is 0 Å². The number of benzene rings is 1. The first-order valence-corrected chi connectivity index (χ1v) is 7.69. The number of ether oxygens (including phenoxy) is 3. The molecule has 2 heterocycles. The summed E-state index contributed by atoms with van der Waals surface area (Å²) in [4.78, 5) is 15.8. The second kappa shape index (κ2) is 7.54. The van der Waals surface area contributed by atoms with Crippen molar-refractivity contribution in [1.82, 2.24) is 15.6 Å². The van der Waals surface area contributed by atoms with E-state index >= 15 is 0 Å². The van der Waals surface area contributed by atoms with Gasteiger partial charge in [0.1, 0.15) is 12.4 Å². The molecule has 24 heavy (non-hydrogen) atoms. The molecule has 0 unspecified atom stereocenters. The average Bonchev–Trinajstić information content (AvgIpc) is 3.07. The van der Waals surface area contributed by atoms with Crippen LogP contribution in [-0.2, 0) is 0 Å². The van der Waals surface area contributed by atoms with Crippen molar-refractivity contribution in [2.75, 3.05) is 19.9 Å². The first-order valence-electron chi connectivity index (χ1n) is 7.69. The number of carbonyl (C=O) groups excluding carboxylic acids is 1. The van der Waals surface area contributed by atoms with Gasteiger partial charge in [0, 0.05) is 18.5 Å². The van der Waals surface area contributed by atoms with Crippen molar-refractivity contribution >= 4 is 6.03 Å². The normalized spacial score (nSPS) is 13.2. The van der Waals surface area contributed by atoms with Gasteiger partial charge in [0.25, 0.3) is 0 Å². The summed E-state index contributed by atoms with van der Waals surface area (Å²) in [5, 5.41) is 5.62. The molecule has 1 aliphatic rings. The van der Waals surface area contributed by atoms with Crippen LogP contribution in [0.5, 0.6) is 17.2 Å². The summed E-state index contributed by atoms with van der Waals surface area (Å²) < 4.78 is 16.1. The quantitative estimate of drug-likeness (QED) is 0.795. The molecule has 7 nitrogen and oxygen atoms in total. The fourth-order valence-electron chi connectivity index (χ4n) is 2.28. The van der Waals surface area contributed by atoms with Gasteiger partial charge in [-0.3, -0.25) is 4.98 Å². The summed E-state index contributed by atoms with van der Waals surface area (Å²) in [5.74, 6) is 2.06. The maximum atomic E-state index is 11.9. The summed E-state index contributed by atoms with van der Waals surface area (Å²) in [7, 11) is 0. The van der Waals surface area contributed by atoms with E-state index in [-0.39, 0.29) is 18.9 Å². The zero-order chi connectivity index (χ0) is 16.8. The van der Waals surface area contributed by atoms with Crippen LogP contribution in [0.2, 0.25) is 0 Å². The number of nitrogens with zero attached hydrogens (tertiary/aromatic N) is 1. The Morgan fingerprint density at radius 2 is 2.04 bits per heavy atom. The summed E-state index contributed by atoms with van der Waals surface area (Å²) in [6, 6.07) is 8.78. The maximum Gasteiger partial charge on any atom is 0.315 e. The summed E-state index contributed by atoms with van der Waals surface area (Å²) >= 11 is 0. The lowest BCUT2D eigenvalue weighted by atomic mass is 10.1. The van der Waals surface area contributed by atoms with Crippen LogP contribution < -0.4 is 24.8 Å².